The summed E-state index contributed by atoms with van der Waals surface area (Å²) in [6.45, 7) is 1.04. The summed E-state index contributed by atoms with van der Waals surface area (Å²) in [7, 11) is 0. The normalized spacial score (nSPS) is 17.3. The van der Waals surface area contributed by atoms with Crippen molar-refractivity contribution in [2.75, 3.05) is 18.5 Å². The Morgan fingerprint density at radius 1 is 1.26 bits per heavy atom. The summed E-state index contributed by atoms with van der Waals surface area (Å²) < 4.78 is 5.26. The molecule has 1 amide bonds. The molecule has 3 N–H and O–H groups in total. The van der Waals surface area contributed by atoms with Crippen LogP contribution in [0.1, 0.15) is 24.1 Å². The molecule has 6 heteroatoms. The van der Waals surface area contributed by atoms with E-state index in [4.69, 9.17) is 10.5 Å². The van der Waals surface area contributed by atoms with Gasteiger partial charge in [-0.1, -0.05) is 36.4 Å². The second-order valence-electron chi connectivity index (χ2n) is 5.54. The Labute approximate surface area is 139 Å². The maximum absolute atomic E-state index is 12.3. The highest BCUT2D eigenvalue weighted by atomic mass is 32.1. The van der Waals surface area contributed by atoms with E-state index in [1.807, 2.05) is 47.9 Å². The number of benzene rings is 1. The quantitative estimate of drug-likeness (QED) is 0.904. The second-order valence-corrected chi connectivity index (χ2v) is 6.40. The Hall–Kier alpha value is -2.02. The van der Waals surface area contributed by atoms with Gasteiger partial charge in [0.1, 0.15) is 5.54 Å². The Bertz CT molecular complexity index is 691. The van der Waals surface area contributed by atoms with Gasteiger partial charge in [-0.2, -0.15) is 0 Å². The molecule has 1 saturated heterocycles. The van der Waals surface area contributed by atoms with Gasteiger partial charge in [0.25, 0.3) is 0 Å². The molecular weight excluding hydrogens is 310 g/mol. The number of aromatic nitrogens is 1. The summed E-state index contributed by atoms with van der Waals surface area (Å²) in [6, 6.07) is 10.00. The molecule has 0 unspecified atom stereocenters. The van der Waals surface area contributed by atoms with Crippen LogP contribution in [-0.4, -0.2) is 29.6 Å². The van der Waals surface area contributed by atoms with Gasteiger partial charge in [0, 0.05) is 18.6 Å². The predicted molar refractivity (Wildman–Crippen MR) is 93.1 cm³/mol. The van der Waals surface area contributed by atoms with Crippen molar-refractivity contribution in [3.63, 3.8) is 0 Å². The van der Waals surface area contributed by atoms with Crippen molar-refractivity contribution in [3.8, 4) is 0 Å². The molecule has 3 rings (SSSR count). The maximum Gasteiger partial charge on any atom is 0.246 e. The number of hydrogen-bond acceptors (Lipinski definition) is 5. The molecule has 2 aromatic rings. The summed E-state index contributed by atoms with van der Waals surface area (Å²) >= 11 is 1.39. The first-order chi connectivity index (χ1) is 11.2. The Morgan fingerprint density at radius 3 is 2.74 bits per heavy atom. The number of anilines is 1. The fraction of sp³-hybridized carbons (Fsp3) is 0.294. The Morgan fingerprint density at radius 2 is 2.00 bits per heavy atom. The maximum atomic E-state index is 12.3. The monoisotopic (exact) mass is 329 g/mol. The molecule has 1 aromatic heterocycles. The first-order valence-corrected chi connectivity index (χ1v) is 8.40. The van der Waals surface area contributed by atoms with Crippen molar-refractivity contribution >= 4 is 34.5 Å². The minimum absolute atomic E-state index is 0.186. The van der Waals surface area contributed by atoms with Gasteiger partial charge in [-0.15, -0.1) is 11.3 Å². The zero-order valence-electron chi connectivity index (χ0n) is 12.7. The van der Waals surface area contributed by atoms with Crippen molar-refractivity contribution in [2.24, 2.45) is 5.73 Å². The molecule has 1 fully saturated rings. The van der Waals surface area contributed by atoms with Gasteiger partial charge in [0.2, 0.25) is 5.91 Å². The topological polar surface area (TPSA) is 77.2 Å². The van der Waals surface area contributed by atoms with Crippen LogP contribution in [0.25, 0.3) is 12.2 Å². The van der Waals surface area contributed by atoms with Crippen molar-refractivity contribution in [1.29, 1.82) is 0 Å². The third kappa shape index (κ3) is 4.04. The van der Waals surface area contributed by atoms with Crippen LogP contribution < -0.4 is 11.1 Å². The van der Waals surface area contributed by atoms with Crippen molar-refractivity contribution in [3.05, 3.63) is 47.0 Å². The van der Waals surface area contributed by atoms with Gasteiger partial charge < -0.3 is 15.8 Å². The number of ether oxygens (including phenoxy) is 1. The average molecular weight is 329 g/mol. The summed E-state index contributed by atoms with van der Waals surface area (Å²) in [5, 5.41) is 5.30. The second kappa shape index (κ2) is 7.04. The van der Waals surface area contributed by atoms with E-state index in [0.29, 0.717) is 31.2 Å². The summed E-state index contributed by atoms with van der Waals surface area (Å²) in [4.78, 5) is 16.7. The molecule has 1 aromatic carbocycles. The first kappa shape index (κ1) is 15.9. The van der Waals surface area contributed by atoms with Gasteiger partial charge in [-0.3, -0.25) is 4.79 Å². The Kier molecular flexibility index (Phi) is 4.85. The van der Waals surface area contributed by atoms with Gasteiger partial charge in [0.15, 0.2) is 5.13 Å². The predicted octanol–water partition coefficient (Wildman–Crippen LogP) is 2.76. The number of carbonyl (C=O) groups excluding carboxylic acids is 1. The van der Waals surface area contributed by atoms with E-state index in [-0.39, 0.29) is 5.91 Å². The summed E-state index contributed by atoms with van der Waals surface area (Å²) in [5.41, 5.74) is 7.22. The molecule has 0 atom stereocenters. The number of hydrogen-bond donors (Lipinski definition) is 2. The van der Waals surface area contributed by atoms with E-state index in [0.717, 1.165) is 11.3 Å². The van der Waals surface area contributed by atoms with Crippen LogP contribution in [0.4, 0.5) is 5.13 Å². The zero-order chi connectivity index (χ0) is 16.1. The highest BCUT2D eigenvalue weighted by Crippen LogP contribution is 2.22. The number of nitrogens with two attached hydrogens (primary N) is 1. The third-order valence-electron chi connectivity index (χ3n) is 3.83. The van der Waals surface area contributed by atoms with E-state index < -0.39 is 5.54 Å². The largest absolute Gasteiger partial charge is 0.381 e. The highest BCUT2D eigenvalue weighted by Gasteiger charge is 2.36. The fourth-order valence-corrected chi connectivity index (χ4v) is 3.02. The van der Waals surface area contributed by atoms with Crippen LogP contribution in [0.15, 0.2) is 35.7 Å². The molecule has 0 spiro atoms. The van der Waals surface area contributed by atoms with Crippen LogP contribution in [0.2, 0.25) is 0 Å². The number of nitrogens with one attached hydrogen (secondary N) is 1. The minimum Gasteiger partial charge on any atom is -0.381 e. The minimum atomic E-state index is -0.857. The third-order valence-corrected chi connectivity index (χ3v) is 4.60. The van der Waals surface area contributed by atoms with E-state index in [1.165, 1.54) is 11.3 Å². The molecule has 0 bridgehead atoms. The SMILES string of the molecule is NC1(C(=O)Nc2nc(/C=C/c3ccccc3)cs2)CCOCC1. The van der Waals surface area contributed by atoms with Crippen LogP contribution >= 0.6 is 11.3 Å². The molecule has 23 heavy (non-hydrogen) atoms. The zero-order valence-corrected chi connectivity index (χ0v) is 13.5. The van der Waals surface area contributed by atoms with Gasteiger partial charge in [0.05, 0.1) is 5.69 Å². The molecule has 2 heterocycles. The molecule has 120 valence electrons. The smallest absolute Gasteiger partial charge is 0.246 e. The van der Waals surface area contributed by atoms with Crippen molar-refractivity contribution < 1.29 is 9.53 Å². The van der Waals surface area contributed by atoms with E-state index in [9.17, 15) is 4.79 Å². The molecule has 0 radical (unpaired) electrons. The fourth-order valence-electron chi connectivity index (χ4n) is 2.35. The molecule has 0 saturated carbocycles. The number of thiazole rings is 1. The van der Waals surface area contributed by atoms with Crippen LogP contribution in [0, 0.1) is 0 Å². The molecular formula is C17H19N3O2S. The highest BCUT2D eigenvalue weighted by molar-refractivity contribution is 7.14. The summed E-state index contributed by atoms with van der Waals surface area (Å²) in [5.74, 6) is -0.186. The van der Waals surface area contributed by atoms with Crippen LogP contribution in [-0.2, 0) is 9.53 Å². The Balaban J connectivity index is 1.63. The van der Waals surface area contributed by atoms with Gasteiger partial charge in [-0.05, 0) is 24.5 Å². The van der Waals surface area contributed by atoms with E-state index >= 15 is 0 Å². The number of rotatable bonds is 4. The summed E-state index contributed by atoms with van der Waals surface area (Å²) in [6.07, 6.45) is 4.98. The molecule has 1 aliphatic rings. The number of nitrogens with zero attached hydrogens (tertiary/aromatic N) is 1. The van der Waals surface area contributed by atoms with E-state index in [1.54, 1.807) is 0 Å². The number of amides is 1. The van der Waals surface area contributed by atoms with Crippen LogP contribution in [0.3, 0.4) is 0 Å². The number of carbonyl (C=O) groups is 1. The van der Waals surface area contributed by atoms with Gasteiger partial charge in [-0.25, -0.2) is 4.98 Å². The van der Waals surface area contributed by atoms with E-state index in [2.05, 4.69) is 10.3 Å². The molecule has 5 nitrogen and oxygen atoms in total. The van der Waals surface area contributed by atoms with Crippen molar-refractivity contribution in [1.82, 2.24) is 4.98 Å². The average Bonchev–Trinajstić information content (AvgIpc) is 3.02. The lowest BCUT2D eigenvalue weighted by atomic mass is 9.90. The van der Waals surface area contributed by atoms with Crippen LogP contribution in [0.5, 0.6) is 0 Å². The van der Waals surface area contributed by atoms with Gasteiger partial charge >= 0.3 is 0 Å². The lowest BCUT2D eigenvalue weighted by Gasteiger charge is -2.31. The lowest BCUT2D eigenvalue weighted by Crippen LogP contribution is -2.54. The molecule has 1 aliphatic heterocycles. The lowest BCUT2D eigenvalue weighted by molar-refractivity contribution is -0.124. The van der Waals surface area contributed by atoms with Crippen molar-refractivity contribution in [2.45, 2.75) is 18.4 Å². The molecule has 0 aliphatic carbocycles. The first-order valence-electron chi connectivity index (χ1n) is 7.52. The standard InChI is InChI=1S/C17H19N3O2S/c18-17(8-10-22-11-9-17)15(21)20-16-19-14(12-23-16)7-6-13-4-2-1-3-5-13/h1-7,12H,8-11,18H2,(H,19,20,21)/b7-6+.